The van der Waals surface area contributed by atoms with E-state index in [4.69, 9.17) is 4.74 Å². The number of nitrogens with one attached hydrogen (secondary N) is 1. The van der Waals surface area contributed by atoms with E-state index < -0.39 is 5.54 Å². The van der Waals surface area contributed by atoms with Gasteiger partial charge in [0, 0.05) is 12.2 Å². The maximum atomic E-state index is 11.9. The molecule has 2 rings (SSSR count). The van der Waals surface area contributed by atoms with Gasteiger partial charge in [-0.1, -0.05) is 6.07 Å². The Labute approximate surface area is 95.0 Å². The molecule has 1 heterocycles. The number of methoxy groups -OCH3 is 1. The Morgan fingerprint density at radius 1 is 1.56 bits per heavy atom. The first-order valence-corrected chi connectivity index (χ1v) is 5.44. The number of carbonyl (C=O) groups excluding carboxylic acids is 1. The van der Waals surface area contributed by atoms with Gasteiger partial charge in [0.2, 0.25) is 0 Å². The molecule has 1 aromatic heterocycles. The summed E-state index contributed by atoms with van der Waals surface area (Å²) >= 11 is 0. The van der Waals surface area contributed by atoms with E-state index in [1.165, 1.54) is 7.11 Å². The molecule has 1 saturated carbocycles. The monoisotopic (exact) mass is 220 g/mol. The van der Waals surface area contributed by atoms with Crippen molar-refractivity contribution in [3.8, 4) is 0 Å². The second kappa shape index (κ2) is 4.22. The second-order valence-corrected chi connectivity index (χ2v) is 4.25. The van der Waals surface area contributed by atoms with Crippen LogP contribution in [0.3, 0.4) is 0 Å². The first-order chi connectivity index (χ1) is 7.66. The average molecular weight is 220 g/mol. The molecule has 4 nitrogen and oxygen atoms in total. The van der Waals surface area contributed by atoms with Gasteiger partial charge in [0.25, 0.3) is 0 Å². The van der Waals surface area contributed by atoms with Gasteiger partial charge in [-0.3, -0.25) is 10.3 Å². The zero-order chi connectivity index (χ0) is 11.6. The third-order valence-corrected chi connectivity index (χ3v) is 2.84. The van der Waals surface area contributed by atoms with E-state index in [1.807, 2.05) is 25.1 Å². The van der Waals surface area contributed by atoms with Gasteiger partial charge in [-0.2, -0.15) is 0 Å². The van der Waals surface area contributed by atoms with Crippen molar-refractivity contribution in [2.75, 3.05) is 7.11 Å². The highest BCUT2D eigenvalue weighted by Gasteiger charge is 2.41. The third kappa shape index (κ3) is 2.07. The van der Waals surface area contributed by atoms with E-state index in [1.54, 1.807) is 6.20 Å². The van der Waals surface area contributed by atoms with E-state index in [0.29, 0.717) is 11.7 Å². The highest BCUT2D eigenvalue weighted by atomic mass is 16.5. The number of carbonyl (C=O) groups is 1. The average Bonchev–Trinajstić information content (AvgIpc) is 3.12. The molecule has 1 atom stereocenters. The molecule has 1 fully saturated rings. The van der Waals surface area contributed by atoms with Gasteiger partial charge in [0.05, 0.1) is 12.8 Å². The maximum absolute atomic E-state index is 11.9. The third-order valence-electron chi connectivity index (χ3n) is 2.84. The molecule has 16 heavy (non-hydrogen) atoms. The van der Waals surface area contributed by atoms with Crippen LogP contribution in [0.15, 0.2) is 24.4 Å². The largest absolute Gasteiger partial charge is 0.467 e. The predicted molar refractivity (Wildman–Crippen MR) is 59.8 cm³/mol. The minimum Gasteiger partial charge on any atom is -0.467 e. The normalized spacial score (nSPS) is 18.9. The lowest BCUT2D eigenvalue weighted by atomic mass is 9.97. The Morgan fingerprint density at radius 3 is 2.81 bits per heavy atom. The zero-order valence-corrected chi connectivity index (χ0v) is 9.56. The summed E-state index contributed by atoms with van der Waals surface area (Å²) in [6.45, 7) is 1.82. The first kappa shape index (κ1) is 11.1. The van der Waals surface area contributed by atoms with Crippen LogP contribution in [-0.2, 0) is 15.1 Å². The molecule has 0 spiro atoms. The maximum Gasteiger partial charge on any atom is 0.332 e. The number of esters is 1. The topological polar surface area (TPSA) is 51.2 Å². The van der Waals surface area contributed by atoms with Crippen LogP contribution in [0.5, 0.6) is 0 Å². The molecule has 4 heteroatoms. The summed E-state index contributed by atoms with van der Waals surface area (Å²) in [6.07, 6.45) is 3.91. The number of rotatable bonds is 4. The van der Waals surface area contributed by atoms with Gasteiger partial charge in [-0.05, 0) is 31.9 Å². The Hall–Kier alpha value is -1.42. The van der Waals surface area contributed by atoms with Crippen LogP contribution in [0.25, 0.3) is 0 Å². The summed E-state index contributed by atoms with van der Waals surface area (Å²) in [5.41, 5.74) is -0.134. The second-order valence-electron chi connectivity index (χ2n) is 4.25. The van der Waals surface area contributed by atoms with E-state index in [9.17, 15) is 4.79 Å². The number of aromatic nitrogens is 1. The lowest BCUT2D eigenvalue weighted by molar-refractivity contribution is -0.148. The van der Waals surface area contributed by atoms with Crippen molar-refractivity contribution in [1.29, 1.82) is 0 Å². The highest BCUT2D eigenvalue weighted by Crippen LogP contribution is 2.28. The molecule has 1 aliphatic carbocycles. The summed E-state index contributed by atoms with van der Waals surface area (Å²) in [4.78, 5) is 16.1. The number of pyridine rings is 1. The molecule has 0 aliphatic heterocycles. The van der Waals surface area contributed by atoms with Gasteiger partial charge in [0.15, 0.2) is 5.54 Å². The fraction of sp³-hybridized carbons (Fsp3) is 0.500. The van der Waals surface area contributed by atoms with Crippen molar-refractivity contribution in [1.82, 2.24) is 10.3 Å². The number of hydrogen-bond acceptors (Lipinski definition) is 4. The van der Waals surface area contributed by atoms with Gasteiger partial charge in [-0.25, -0.2) is 4.79 Å². The van der Waals surface area contributed by atoms with Crippen LogP contribution in [0.4, 0.5) is 0 Å². The molecule has 0 saturated heterocycles. The molecule has 1 unspecified atom stereocenters. The molecule has 86 valence electrons. The van der Waals surface area contributed by atoms with Crippen molar-refractivity contribution >= 4 is 5.97 Å². The van der Waals surface area contributed by atoms with Crippen LogP contribution >= 0.6 is 0 Å². The van der Waals surface area contributed by atoms with Crippen molar-refractivity contribution in [3.63, 3.8) is 0 Å². The molecule has 0 aromatic carbocycles. The lowest BCUT2D eigenvalue weighted by Gasteiger charge is -2.27. The Balaban J connectivity index is 2.29. The summed E-state index contributed by atoms with van der Waals surface area (Å²) in [5, 5.41) is 3.30. The standard InChI is InChI=1S/C12H16N2O2/c1-12(11(15)16-2,14-9-6-7-9)10-5-3-4-8-13-10/h3-5,8-9,14H,6-7H2,1-2H3. The predicted octanol–water partition coefficient (Wildman–Crippen LogP) is 1.22. The quantitative estimate of drug-likeness (QED) is 0.775. The Bertz CT molecular complexity index is 376. The van der Waals surface area contributed by atoms with Crippen LogP contribution in [0, 0.1) is 0 Å². The zero-order valence-electron chi connectivity index (χ0n) is 9.56. The molecule has 1 aliphatic rings. The van der Waals surface area contributed by atoms with Crippen LogP contribution < -0.4 is 5.32 Å². The summed E-state index contributed by atoms with van der Waals surface area (Å²) in [5.74, 6) is -0.293. The molecule has 1 N–H and O–H groups in total. The molecule has 0 radical (unpaired) electrons. The van der Waals surface area contributed by atoms with E-state index in [-0.39, 0.29) is 5.97 Å². The van der Waals surface area contributed by atoms with Crippen molar-refractivity contribution in [3.05, 3.63) is 30.1 Å². The fourth-order valence-electron chi connectivity index (χ4n) is 1.74. The van der Waals surface area contributed by atoms with Crippen LogP contribution in [0.2, 0.25) is 0 Å². The van der Waals surface area contributed by atoms with Gasteiger partial charge in [-0.15, -0.1) is 0 Å². The van der Waals surface area contributed by atoms with Crippen molar-refractivity contribution in [2.45, 2.75) is 31.3 Å². The Kier molecular flexibility index (Phi) is 2.92. The van der Waals surface area contributed by atoms with E-state index >= 15 is 0 Å². The minimum absolute atomic E-state index is 0.293. The van der Waals surface area contributed by atoms with Crippen LogP contribution in [0.1, 0.15) is 25.5 Å². The molecular weight excluding hydrogens is 204 g/mol. The van der Waals surface area contributed by atoms with Crippen LogP contribution in [-0.4, -0.2) is 24.1 Å². The Morgan fingerprint density at radius 2 is 2.31 bits per heavy atom. The smallest absolute Gasteiger partial charge is 0.332 e. The van der Waals surface area contributed by atoms with Gasteiger partial charge in [0.1, 0.15) is 0 Å². The van der Waals surface area contributed by atoms with Crippen molar-refractivity contribution < 1.29 is 9.53 Å². The lowest BCUT2D eigenvalue weighted by Crippen LogP contribution is -2.49. The minimum atomic E-state index is -0.836. The van der Waals surface area contributed by atoms with Crippen molar-refractivity contribution in [2.24, 2.45) is 0 Å². The van der Waals surface area contributed by atoms with E-state index in [0.717, 1.165) is 12.8 Å². The number of ether oxygens (including phenoxy) is 1. The number of nitrogens with zero attached hydrogens (tertiary/aromatic N) is 1. The first-order valence-electron chi connectivity index (χ1n) is 5.44. The SMILES string of the molecule is COC(=O)C(C)(NC1CC1)c1ccccn1. The summed E-state index contributed by atoms with van der Waals surface area (Å²) in [7, 11) is 1.40. The molecule has 0 bridgehead atoms. The summed E-state index contributed by atoms with van der Waals surface area (Å²) in [6, 6.07) is 5.95. The fourth-order valence-corrected chi connectivity index (χ4v) is 1.74. The molecule has 0 amide bonds. The van der Waals surface area contributed by atoms with E-state index in [2.05, 4.69) is 10.3 Å². The summed E-state index contributed by atoms with van der Waals surface area (Å²) < 4.78 is 4.86. The van der Waals surface area contributed by atoms with Gasteiger partial charge < -0.3 is 4.74 Å². The number of hydrogen-bond donors (Lipinski definition) is 1. The van der Waals surface area contributed by atoms with Gasteiger partial charge >= 0.3 is 5.97 Å². The molecule has 1 aromatic rings. The molecular formula is C12H16N2O2. The highest BCUT2D eigenvalue weighted by molar-refractivity contribution is 5.81.